The zero-order valence-electron chi connectivity index (χ0n) is 25.2. The van der Waals surface area contributed by atoms with Crippen LogP contribution in [-0.4, -0.2) is 15.9 Å². The molecular formula is C40H29F2N3O2. The van der Waals surface area contributed by atoms with Gasteiger partial charge in [-0.1, -0.05) is 133 Å². The SMILES string of the molecule is O=C(Nc1ccc2c(c(-c3cccc(F)c3)nn2C(c2ccccc2)(c2ccccc2)c2ccccc2)c1F)OCc1ccccc1. The third-order valence-electron chi connectivity index (χ3n) is 8.22. The molecule has 7 rings (SSSR count). The Bertz CT molecular complexity index is 2060. The van der Waals surface area contributed by atoms with E-state index in [9.17, 15) is 9.18 Å². The predicted octanol–water partition coefficient (Wildman–Crippen LogP) is 9.57. The molecule has 47 heavy (non-hydrogen) atoms. The maximum atomic E-state index is 16.8. The fourth-order valence-corrected chi connectivity index (χ4v) is 6.14. The molecule has 0 aliphatic heterocycles. The molecule has 6 aromatic carbocycles. The van der Waals surface area contributed by atoms with Gasteiger partial charge in [0.05, 0.1) is 16.6 Å². The van der Waals surface area contributed by atoms with Crippen LogP contribution in [0.1, 0.15) is 22.3 Å². The summed E-state index contributed by atoms with van der Waals surface area (Å²) in [6, 6.07) is 48.0. The van der Waals surface area contributed by atoms with Crippen molar-refractivity contribution < 1.29 is 18.3 Å². The first kappa shape index (κ1) is 29.6. The molecule has 0 aliphatic rings. The highest BCUT2D eigenvalue weighted by Gasteiger charge is 2.41. The number of anilines is 1. The van der Waals surface area contributed by atoms with Gasteiger partial charge in [0.2, 0.25) is 0 Å². The fraction of sp³-hybridized carbons (Fsp3) is 0.0500. The van der Waals surface area contributed by atoms with Gasteiger partial charge in [-0.3, -0.25) is 5.32 Å². The second-order valence-electron chi connectivity index (χ2n) is 11.1. The summed E-state index contributed by atoms with van der Waals surface area (Å²) >= 11 is 0. The Morgan fingerprint density at radius 2 is 1.23 bits per heavy atom. The minimum absolute atomic E-state index is 0.0246. The number of nitrogens with one attached hydrogen (secondary N) is 1. The van der Waals surface area contributed by atoms with E-state index in [1.807, 2.05) is 126 Å². The van der Waals surface area contributed by atoms with Crippen molar-refractivity contribution in [2.75, 3.05) is 5.32 Å². The average molecular weight is 622 g/mol. The molecule has 230 valence electrons. The molecule has 5 nitrogen and oxygen atoms in total. The van der Waals surface area contributed by atoms with Gasteiger partial charge in [0.1, 0.15) is 23.7 Å². The third kappa shape index (κ3) is 5.53. The Balaban J connectivity index is 1.47. The van der Waals surface area contributed by atoms with Crippen molar-refractivity contribution >= 4 is 22.7 Å². The number of benzene rings is 6. The molecule has 7 heteroatoms. The number of carbonyl (C=O) groups excluding carboxylic acids is 1. The van der Waals surface area contributed by atoms with Gasteiger partial charge in [-0.25, -0.2) is 18.3 Å². The maximum absolute atomic E-state index is 16.8. The number of amides is 1. The average Bonchev–Trinajstić information content (AvgIpc) is 3.51. The van der Waals surface area contributed by atoms with E-state index in [1.54, 1.807) is 18.2 Å². The molecule has 0 spiro atoms. The number of halogens is 2. The summed E-state index contributed by atoms with van der Waals surface area (Å²) in [5, 5.41) is 7.81. The Kier molecular flexibility index (Phi) is 8.02. The van der Waals surface area contributed by atoms with Crippen LogP contribution in [0.3, 0.4) is 0 Å². The minimum atomic E-state index is -1.07. The Labute approximate surface area is 270 Å². The molecule has 1 heterocycles. The molecule has 0 unspecified atom stereocenters. The van der Waals surface area contributed by atoms with Crippen LogP contribution >= 0.6 is 0 Å². The number of carbonyl (C=O) groups is 1. The molecular weight excluding hydrogens is 592 g/mol. The van der Waals surface area contributed by atoms with Crippen LogP contribution in [0.25, 0.3) is 22.2 Å². The van der Waals surface area contributed by atoms with Gasteiger partial charge in [0, 0.05) is 5.56 Å². The van der Waals surface area contributed by atoms with E-state index in [-0.39, 0.29) is 23.4 Å². The summed E-state index contributed by atoms with van der Waals surface area (Å²) in [7, 11) is 0. The van der Waals surface area contributed by atoms with Crippen molar-refractivity contribution in [1.82, 2.24) is 9.78 Å². The summed E-state index contributed by atoms with van der Waals surface area (Å²) in [5.74, 6) is -1.20. The van der Waals surface area contributed by atoms with Crippen LogP contribution in [0.15, 0.2) is 158 Å². The lowest BCUT2D eigenvalue weighted by Gasteiger charge is -2.37. The number of hydrogen-bond acceptors (Lipinski definition) is 3. The highest BCUT2D eigenvalue weighted by atomic mass is 19.1. The van der Waals surface area contributed by atoms with Crippen molar-refractivity contribution in [3.05, 3.63) is 192 Å². The predicted molar refractivity (Wildman–Crippen MR) is 180 cm³/mol. The topological polar surface area (TPSA) is 56.2 Å². The van der Waals surface area contributed by atoms with Crippen LogP contribution in [0.5, 0.6) is 0 Å². The van der Waals surface area contributed by atoms with Crippen molar-refractivity contribution in [2.24, 2.45) is 0 Å². The molecule has 0 aliphatic carbocycles. The smallest absolute Gasteiger partial charge is 0.412 e. The quantitative estimate of drug-likeness (QED) is 0.172. The first-order valence-corrected chi connectivity index (χ1v) is 15.2. The highest BCUT2D eigenvalue weighted by Crippen LogP contribution is 2.45. The molecule has 1 aromatic heterocycles. The van der Waals surface area contributed by atoms with Gasteiger partial charge >= 0.3 is 6.09 Å². The van der Waals surface area contributed by atoms with Crippen LogP contribution in [-0.2, 0) is 16.9 Å². The molecule has 0 bridgehead atoms. The van der Waals surface area contributed by atoms with Crippen LogP contribution in [0.2, 0.25) is 0 Å². The van der Waals surface area contributed by atoms with E-state index in [4.69, 9.17) is 9.84 Å². The van der Waals surface area contributed by atoms with Crippen molar-refractivity contribution in [3.8, 4) is 11.3 Å². The molecule has 1 N–H and O–H groups in total. The van der Waals surface area contributed by atoms with E-state index in [1.165, 1.54) is 18.2 Å². The lowest BCUT2D eigenvalue weighted by molar-refractivity contribution is 0.155. The Hall–Kier alpha value is -6.08. The lowest BCUT2D eigenvalue weighted by atomic mass is 9.77. The van der Waals surface area contributed by atoms with Crippen molar-refractivity contribution in [2.45, 2.75) is 12.1 Å². The number of hydrogen-bond donors (Lipinski definition) is 1. The summed E-state index contributed by atoms with van der Waals surface area (Å²) in [6.07, 6.45) is -0.806. The first-order valence-electron chi connectivity index (χ1n) is 15.2. The molecule has 1 amide bonds. The van der Waals surface area contributed by atoms with E-state index in [0.717, 1.165) is 22.3 Å². The standard InChI is InChI=1S/C40H29F2N3O2/c41-33-23-13-16-29(26-33)38-36-35(25-24-34(37(36)42)43-39(46)47-27-28-14-5-1-6-15-28)45(44-38)40(30-17-7-2-8-18-30,31-19-9-3-10-20-31)32-21-11-4-12-22-32/h1-26H,27H2,(H,43,46). The minimum Gasteiger partial charge on any atom is -0.444 e. The summed E-state index contributed by atoms with van der Waals surface area (Å²) in [4.78, 5) is 12.8. The van der Waals surface area contributed by atoms with Gasteiger partial charge in [-0.2, -0.15) is 5.10 Å². The second kappa shape index (κ2) is 12.7. The van der Waals surface area contributed by atoms with E-state index >= 15 is 4.39 Å². The van der Waals surface area contributed by atoms with E-state index in [2.05, 4.69) is 5.32 Å². The van der Waals surface area contributed by atoms with Gasteiger partial charge in [-0.15, -0.1) is 0 Å². The van der Waals surface area contributed by atoms with E-state index < -0.39 is 23.3 Å². The maximum Gasteiger partial charge on any atom is 0.412 e. The van der Waals surface area contributed by atoms with Crippen LogP contribution < -0.4 is 5.32 Å². The zero-order chi connectivity index (χ0) is 32.2. The Morgan fingerprint density at radius 3 is 1.79 bits per heavy atom. The largest absolute Gasteiger partial charge is 0.444 e. The molecule has 7 aromatic rings. The van der Waals surface area contributed by atoms with Crippen molar-refractivity contribution in [3.63, 3.8) is 0 Å². The summed E-state index contributed by atoms with van der Waals surface area (Å²) in [5.41, 5.74) is 3.37. The van der Waals surface area contributed by atoms with E-state index in [0.29, 0.717) is 11.1 Å². The second-order valence-corrected chi connectivity index (χ2v) is 11.1. The molecule has 0 atom stereocenters. The number of ether oxygens (including phenoxy) is 1. The highest BCUT2D eigenvalue weighted by molar-refractivity contribution is 5.98. The van der Waals surface area contributed by atoms with Gasteiger partial charge in [0.15, 0.2) is 5.82 Å². The molecule has 0 radical (unpaired) electrons. The monoisotopic (exact) mass is 621 g/mol. The molecule has 0 saturated heterocycles. The first-order chi connectivity index (χ1) is 23.1. The van der Waals surface area contributed by atoms with Gasteiger partial charge in [-0.05, 0) is 46.5 Å². The van der Waals surface area contributed by atoms with Gasteiger partial charge < -0.3 is 4.74 Å². The zero-order valence-corrected chi connectivity index (χ0v) is 25.2. The Morgan fingerprint density at radius 1 is 0.681 bits per heavy atom. The number of fused-ring (bicyclic) bond motifs is 1. The van der Waals surface area contributed by atoms with Crippen LogP contribution in [0, 0.1) is 11.6 Å². The van der Waals surface area contributed by atoms with Crippen LogP contribution in [0.4, 0.5) is 19.3 Å². The number of nitrogens with zero attached hydrogens (tertiary/aromatic N) is 2. The van der Waals surface area contributed by atoms with Gasteiger partial charge in [0.25, 0.3) is 0 Å². The third-order valence-corrected chi connectivity index (χ3v) is 8.22. The van der Waals surface area contributed by atoms with Crippen molar-refractivity contribution in [1.29, 1.82) is 0 Å². The number of rotatable bonds is 8. The lowest BCUT2D eigenvalue weighted by Crippen LogP contribution is -2.38. The molecule has 0 fully saturated rings. The molecule has 0 saturated carbocycles. The number of aromatic nitrogens is 2. The summed E-state index contributed by atoms with van der Waals surface area (Å²) < 4.78 is 38.7. The fourth-order valence-electron chi connectivity index (χ4n) is 6.14. The summed E-state index contributed by atoms with van der Waals surface area (Å²) in [6.45, 7) is 0.0246. The normalized spacial score (nSPS) is 11.4.